The van der Waals surface area contributed by atoms with E-state index in [0.717, 1.165) is 17.4 Å². The number of hydrogen-bond donors (Lipinski definition) is 1. The lowest BCUT2D eigenvalue weighted by Gasteiger charge is -2.21. The summed E-state index contributed by atoms with van der Waals surface area (Å²) < 4.78 is 5.30. The van der Waals surface area contributed by atoms with Crippen molar-refractivity contribution in [2.75, 3.05) is 18.8 Å². The van der Waals surface area contributed by atoms with Crippen LogP contribution in [0, 0.1) is 5.92 Å². The normalized spacial score (nSPS) is 21.8. The molecule has 4 heteroatoms. The van der Waals surface area contributed by atoms with Gasteiger partial charge in [0.05, 0.1) is 5.75 Å². The molecule has 0 aromatic carbocycles. The van der Waals surface area contributed by atoms with Crippen LogP contribution in [0.25, 0.3) is 0 Å². The van der Waals surface area contributed by atoms with E-state index in [1.807, 2.05) is 17.8 Å². The minimum Gasteiger partial charge on any atom is -0.449 e. The Labute approximate surface area is 99.8 Å². The SMILES string of the molecule is Clc1ccc(CSCC2CCCNC2)o1. The summed E-state index contributed by atoms with van der Waals surface area (Å²) in [6.07, 6.45) is 2.68. The second kappa shape index (κ2) is 5.83. The molecule has 2 rings (SSSR count). The first-order chi connectivity index (χ1) is 7.34. The molecule has 1 aliphatic rings. The number of furan rings is 1. The van der Waals surface area contributed by atoms with Gasteiger partial charge in [-0.2, -0.15) is 11.8 Å². The number of hydrogen-bond acceptors (Lipinski definition) is 3. The summed E-state index contributed by atoms with van der Waals surface area (Å²) in [4.78, 5) is 0. The summed E-state index contributed by atoms with van der Waals surface area (Å²) in [6, 6.07) is 3.76. The lowest BCUT2D eigenvalue weighted by molar-refractivity contribution is 0.410. The van der Waals surface area contributed by atoms with Crippen molar-refractivity contribution in [3.63, 3.8) is 0 Å². The molecular weight excluding hydrogens is 230 g/mol. The van der Waals surface area contributed by atoms with Crippen LogP contribution in [0.3, 0.4) is 0 Å². The minimum atomic E-state index is 0.491. The molecule has 1 aromatic rings. The molecule has 0 amide bonds. The zero-order chi connectivity index (χ0) is 10.5. The third kappa shape index (κ3) is 3.74. The summed E-state index contributed by atoms with van der Waals surface area (Å²) in [5.74, 6) is 3.96. The van der Waals surface area contributed by atoms with Gasteiger partial charge in [0.2, 0.25) is 0 Å². The van der Waals surface area contributed by atoms with Crippen LogP contribution in [0.2, 0.25) is 5.22 Å². The summed E-state index contributed by atoms with van der Waals surface area (Å²) in [5.41, 5.74) is 0. The molecule has 2 heterocycles. The van der Waals surface area contributed by atoms with Gasteiger partial charge in [-0.1, -0.05) is 0 Å². The third-order valence-electron chi connectivity index (χ3n) is 2.63. The van der Waals surface area contributed by atoms with Gasteiger partial charge in [-0.3, -0.25) is 0 Å². The van der Waals surface area contributed by atoms with Crippen LogP contribution in [0.15, 0.2) is 16.5 Å². The van der Waals surface area contributed by atoms with E-state index in [2.05, 4.69) is 5.32 Å². The number of nitrogens with one attached hydrogen (secondary N) is 1. The van der Waals surface area contributed by atoms with Gasteiger partial charge >= 0.3 is 0 Å². The van der Waals surface area contributed by atoms with E-state index in [9.17, 15) is 0 Å². The fraction of sp³-hybridized carbons (Fsp3) is 0.636. The average molecular weight is 246 g/mol. The van der Waals surface area contributed by atoms with Crippen molar-refractivity contribution in [3.8, 4) is 0 Å². The molecule has 1 saturated heterocycles. The van der Waals surface area contributed by atoms with Gasteiger partial charge in [-0.25, -0.2) is 0 Å². The molecule has 0 saturated carbocycles. The molecule has 1 atom stereocenters. The highest BCUT2D eigenvalue weighted by atomic mass is 35.5. The standard InChI is InChI=1S/C11H16ClNOS/c12-11-4-3-10(14-11)8-15-7-9-2-1-5-13-6-9/h3-4,9,13H,1-2,5-8H2. The Morgan fingerprint density at radius 3 is 3.13 bits per heavy atom. The van der Waals surface area contributed by atoms with Crippen molar-refractivity contribution in [1.29, 1.82) is 0 Å². The molecule has 1 unspecified atom stereocenters. The molecule has 0 bridgehead atoms. The number of rotatable bonds is 4. The Bertz CT molecular complexity index is 297. The Kier molecular flexibility index (Phi) is 4.42. The molecule has 0 radical (unpaired) electrons. The van der Waals surface area contributed by atoms with Crippen LogP contribution in [-0.4, -0.2) is 18.8 Å². The predicted octanol–water partition coefficient (Wildman–Crippen LogP) is 3.17. The molecule has 15 heavy (non-hydrogen) atoms. The minimum absolute atomic E-state index is 0.491. The molecular formula is C11H16ClNOS. The van der Waals surface area contributed by atoms with Crippen molar-refractivity contribution in [3.05, 3.63) is 23.1 Å². The molecule has 0 spiro atoms. The Morgan fingerprint density at radius 2 is 2.47 bits per heavy atom. The second-order valence-electron chi connectivity index (χ2n) is 3.93. The van der Waals surface area contributed by atoms with Gasteiger partial charge in [-0.15, -0.1) is 0 Å². The Balaban J connectivity index is 1.65. The highest BCUT2D eigenvalue weighted by Gasteiger charge is 2.12. The van der Waals surface area contributed by atoms with E-state index in [4.69, 9.17) is 16.0 Å². The van der Waals surface area contributed by atoms with Gasteiger partial charge in [0.1, 0.15) is 5.76 Å². The van der Waals surface area contributed by atoms with E-state index in [1.54, 1.807) is 6.07 Å². The summed E-state index contributed by atoms with van der Waals surface area (Å²) in [6.45, 7) is 2.36. The van der Waals surface area contributed by atoms with E-state index in [-0.39, 0.29) is 0 Å². The van der Waals surface area contributed by atoms with Gasteiger partial charge in [0.25, 0.3) is 0 Å². The van der Waals surface area contributed by atoms with Crippen molar-refractivity contribution >= 4 is 23.4 Å². The van der Waals surface area contributed by atoms with Crippen LogP contribution < -0.4 is 5.32 Å². The molecule has 2 nitrogen and oxygen atoms in total. The highest BCUT2D eigenvalue weighted by molar-refractivity contribution is 7.98. The highest BCUT2D eigenvalue weighted by Crippen LogP contribution is 2.22. The maximum Gasteiger partial charge on any atom is 0.193 e. The third-order valence-corrected chi connectivity index (χ3v) is 4.02. The van der Waals surface area contributed by atoms with Crippen molar-refractivity contribution < 1.29 is 4.42 Å². The van der Waals surface area contributed by atoms with Gasteiger partial charge in [0.15, 0.2) is 5.22 Å². The predicted molar refractivity (Wildman–Crippen MR) is 65.5 cm³/mol. The second-order valence-corrected chi connectivity index (χ2v) is 5.34. The van der Waals surface area contributed by atoms with Gasteiger partial charge in [-0.05, 0) is 61.3 Å². The van der Waals surface area contributed by atoms with Crippen LogP contribution in [0.4, 0.5) is 0 Å². The first kappa shape index (κ1) is 11.4. The maximum absolute atomic E-state index is 5.70. The molecule has 1 fully saturated rings. The molecule has 1 aliphatic heterocycles. The lowest BCUT2D eigenvalue weighted by atomic mass is 10.0. The van der Waals surface area contributed by atoms with Gasteiger partial charge in [0, 0.05) is 0 Å². The number of halogens is 1. The zero-order valence-electron chi connectivity index (χ0n) is 8.67. The zero-order valence-corrected chi connectivity index (χ0v) is 10.2. The maximum atomic E-state index is 5.70. The molecule has 1 N–H and O–H groups in total. The quantitative estimate of drug-likeness (QED) is 0.882. The van der Waals surface area contributed by atoms with Gasteiger partial charge < -0.3 is 9.73 Å². The Hall–Kier alpha value is -0.120. The first-order valence-corrected chi connectivity index (χ1v) is 6.90. The van der Waals surface area contributed by atoms with E-state index in [1.165, 1.54) is 31.7 Å². The fourth-order valence-corrected chi connectivity index (χ4v) is 3.08. The summed E-state index contributed by atoms with van der Waals surface area (Å²) in [7, 11) is 0. The molecule has 0 aliphatic carbocycles. The van der Waals surface area contributed by atoms with Crippen molar-refractivity contribution in [1.82, 2.24) is 5.32 Å². The first-order valence-electron chi connectivity index (χ1n) is 5.37. The Morgan fingerprint density at radius 1 is 1.53 bits per heavy atom. The molecule has 1 aromatic heterocycles. The van der Waals surface area contributed by atoms with Crippen LogP contribution >= 0.6 is 23.4 Å². The topological polar surface area (TPSA) is 25.2 Å². The fourth-order valence-electron chi connectivity index (χ4n) is 1.82. The summed E-state index contributed by atoms with van der Waals surface area (Å²) in [5, 5.41) is 3.92. The van der Waals surface area contributed by atoms with E-state index in [0.29, 0.717) is 5.22 Å². The van der Waals surface area contributed by atoms with Crippen LogP contribution in [0.1, 0.15) is 18.6 Å². The smallest absolute Gasteiger partial charge is 0.193 e. The number of thioether (sulfide) groups is 1. The molecule has 84 valence electrons. The largest absolute Gasteiger partial charge is 0.449 e. The number of piperidine rings is 1. The monoisotopic (exact) mass is 245 g/mol. The van der Waals surface area contributed by atoms with Crippen molar-refractivity contribution in [2.45, 2.75) is 18.6 Å². The summed E-state index contributed by atoms with van der Waals surface area (Å²) >= 11 is 7.64. The van der Waals surface area contributed by atoms with Crippen LogP contribution in [0.5, 0.6) is 0 Å². The van der Waals surface area contributed by atoms with Crippen LogP contribution in [-0.2, 0) is 5.75 Å². The average Bonchev–Trinajstić information content (AvgIpc) is 2.66. The lowest BCUT2D eigenvalue weighted by Crippen LogP contribution is -2.30. The van der Waals surface area contributed by atoms with E-state index >= 15 is 0 Å². The van der Waals surface area contributed by atoms with E-state index < -0.39 is 0 Å². The van der Waals surface area contributed by atoms with Crippen molar-refractivity contribution in [2.24, 2.45) is 5.92 Å².